The van der Waals surface area contributed by atoms with Crippen molar-refractivity contribution in [3.8, 4) is 0 Å². The molecule has 27 heavy (non-hydrogen) atoms. The van der Waals surface area contributed by atoms with E-state index in [2.05, 4.69) is 27.0 Å². The standard InChI is InChI=1S/C21H22N4OS/c1-15(26)22-20-9-5-6-16-12-25(11-10-19(16)20)13-18-14-27-21(24-18)23-17-7-3-2-4-8-17/h2-9,14H,10-13H2,1H3,(H,22,26)(H,23,24). The van der Waals surface area contributed by atoms with Gasteiger partial charge < -0.3 is 10.6 Å². The summed E-state index contributed by atoms with van der Waals surface area (Å²) in [6, 6.07) is 16.2. The van der Waals surface area contributed by atoms with E-state index in [1.54, 1.807) is 18.3 Å². The topological polar surface area (TPSA) is 57.3 Å². The molecule has 0 bridgehead atoms. The number of nitrogens with one attached hydrogen (secondary N) is 2. The van der Waals surface area contributed by atoms with Gasteiger partial charge in [-0.15, -0.1) is 11.3 Å². The highest BCUT2D eigenvalue weighted by Crippen LogP contribution is 2.28. The van der Waals surface area contributed by atoms with Crippen molar-refractivity contribution < 1.29 is 4.79 Å². The van der Waals surface area contributed by atoms with E-state index in [0.29, 0.717) is 0 Å². The van der Waals surface area contributed by atoms with Gasteiger partial charge in [0.15, 0.2) is 5.13 Å². The number of nitrogens with zero attached hydrogens (tertiary/aromatic N) is 2. The second-order valence-corrected chi connectivity index (χ2v) is 7.58. The lowest BCUT2D eigenvalue weighted by molar-refractivity contribution is -0.114. The van der Waals surface area contributed by atoms with Gasteiger partial charge in [0.1, 0.15) is 0 Å². The van der Waals surface area contributed by atoms with Crippen LogP contribution in [0.1, 0.15) is 23.7 Å². The fourth-order valence-electron chi connectivity index (χ4n) is 3.42. The van der Waals surface area contributed by atoms with Gasteiger partial charge in [-0.2, -0.15) is 0 Å². The van der Waals surface area contributed by atoms with Gasteiger partial charge in [-0.1, -0.05) is 30.3 Å². The monoisotopic (exact) mass is 378 g/mol. The van der Waals surface area contributed by atoms with Crippen LogP contribution < -0.4 is 10.6 Å². The third-order valence-electron chi connectivity index (χ3n) is 4.62. The number of benzene rings is 2. The number of thiazole rings is 1. The van der Waals surface area contributed by atoms with E-state index in [9.17, 15) is 4.79 Å². The molecule has 4 rings (SSSR count). The Bertz CT molecular complexity index is 938. The number of para-hydroxylation sites is 1. The van der Waals surface area contributed by atoms with Crippen LogP contribution in [0.25, 0.3) is 0 Å². The molecule has 1 aromatic heterocycles. The quantitative estimate of drug-likeness (QED) is 0.691. The van der Waals surface area contributed by atoms with Crippen LogP contribution in [0.5, 0.6) is 0 Å². The molecule has 6 heteroatoms. The van der Waals surface area contributed by atoms with Gasteiger partial charge in [-0.05, 0) is 35.7 Å². The second-order valence-electron chi connectivity index (χ2n) is 6.72. The molecule has 3 aromatic rings. The number of rotatable bonds is 5. The maximum atomic E-state index is 11.4. The number of aromatic nitrogens is 1. The SMILES string of the molecule is CC(=O)Nc1cccc2c1CCN(Cc1csc(Nc3ccccc3)n1)C2. The molecule has 2 N–H and O–H groups in total. The smallest absolute Gasteiger partial charge is 0.221 e. The molecule has 0 fully saturated rings. The van der Waals surface area contributed by atoms with Gasteiger partial charge in [0.05, 0.1) is 5.69 Å². The molecule has 0 spiro atoms. The molecule has 0 radical (unpaired) electrons. The minimum absolute atomic E-state index is 0.0215. The predicted octanol–water partition coefficient (Wildman–Crippen LogP) is 4.40. The number of anilines is 3. The summed E-state index contributed by atoms with van der Waals surface area (Å²) >= 11 is 1.63. The van der Waals surface area contributed by atoms with Crippen LogP contribution in [0.2, 0.25) is 0 Å². The normalized spacial score (nSPS) is 13.8. The largest absolute Gasteiger partial charge is 0.332 e. The second kappa shape index (κ2) is 7.90. The van der Waals surface area contributed by atoms with E-state index in [-0.39, 0.29) is 5.91 Å². The molecule has 1 aliphatic rings. The summed E-state index contributed by atoms with van der Waals surface area (Å²) in [7, 11) is 0. The molecule has 5 nitrogen and oxygen atoms in total. The van der Waals surface area contributed by atoms with Crippen LogP contribution >= 0.6 is 11.3 Å². The zero-order chi connectivity index (χ0) is 18.6. The van der Waals surface area contributed by atoms with Crippen molar-refractivity contribution in [1.29, 1.82) is 0 Å². The first-order valence-electron chi connectivity index (χ1n) is 9.04. The highest BCUT2D eigenvalue weighted by molar-refractivity contribution is 7.13. The summed E-state index contributed by atoms with van der Waals surface area (Å²) in [4.78, 5) is 18.5. The van der Waals surface area contributed by atoms with Crippen LogP contribution in [0.3, 0.4) is 0 Å². The lowest BCUT2D eigenvalue weighted by atomic mass is 9.97. The zero-order valence-electron chi connectivity index (χ0n) is 15.2. The molecule has 1 amide bonds. The Balaban J connectivity index is 1.41. The average Bonchev–Trinajstić information content (AvgIpc) is 3.09. The third kappa shape index (κ3) is 4.35. The molecule has 0 aliphatic carbocycles. The first-order chi connectivity index (χ1) is 13.2. The van der Waals surface area contributed by atoms with E-state index in [1.807, 2.05) is 42.5 Å². The van der Waals surface area contributed by atoms with E-state index >= 15 is 0 Å². The maximum absolute atomic E-state index is 11.4. The highest BCUT2D eigenvalue weighted by Gasteiger charge is 2.20. The van der Waals surface area contributed by atoms with Gasteiger partial charge >= 0.3 is 0 Å². The summed E-state index contributed by atoms with van der Waals surface area (Å²) in [5, 5.41) is 9.34. The Morgan fingerprint density at radius 3 is 2.85 bits per heavy atom. The lowest BCUT2D eigenvalue weighted by Crippen LogP contribution is -2.30. The molecule has 0 atom stereocenters. The third-order valence-corrected chi connectivity index (χ3v) is 5.42. The fourth-order valence-corrected chi connectivity index (χ4v) is 4.14. The van der Waals surface area contributed by atoms with Crippen molar-refractivity contribution >= 4 is 33.8 Å². The van der Waals surface area contributed by atoms with Crippen LogP contribution in [0.15, 0.2) is 53.9 Å². The number of hydrogen-bond acceptors (Lipinski definition) is 5. The molecule has 0 saturated heterocycles. The van der Waals surface area contributed by atoms with Crippen molar-refractivity contribution in [3.63, 3.8) is 0 Å². The average molecular weight is 379 g/mol. The molecule has 2 aromatic carbocycles. The van der Waals surface area contributed by atoms with Crippen molar-refractivity contribution in [2.24, 2.45) is 0 Å². The maximum Gasteiger partial charge on any atom is 0.221 e. The number of fused-ring (bicyclic) bond motifs is 1. The number of carbonyl (C=O) groups is 1. The van der Waals surface area contributed by atoms with Crippen LogP contribution in [0, 0.1) is 0 Å². The van der Waals surface area contributed by atoms with Gasteiger partial charge in [0, 0.05) is 43.3 Å². The van der Waals surface area contributed by atoms with Gasteiger partial charge in [-0.3, -0.25) is 9.69 Å². The van der Waals surface area contributed by atoms with Crippen molar-refractivity contribution in [2.45, 2.75) is 26.4 Å². The Kier molecular flexibility index (Phi) is 5.18. The summed E-state index contributed by atoms with van der Waals surface area (Å²) in [6.07, 6.45) is 0.936. The number of carbonyl (C=O) groups excluding carboxylic acids is 1. The Morgan fingerprint density at radius 2 is 2.04 bits per heavy atom. The van der Waals surface area contributed by atoms with Gasteiger partial charge in [0.25, 0.3) is 0 Å². The minimum atomic E-state index is -0.0215. The van der Waals surface area contributed by atoms with Crippen LogP contribution in [-0.4, -0.2) is 22.3 Å². The molecule has 0 unspecified atom stereocenters. The van der Waals surface area contributed by atoms with Crippen molar-refractivity contribution in [2.75, 3.05) is 17.2 Å². The number of hydrogen-bond donors (Lipinski definition) is 2. The van der Waals surface area contributed by atoms with E-state index in [4.69, 9.17) is 4.98 Å². The lowest BCUT2D eigenvalue weighted by Gasteiger charge is -2.29. The van der Waals surface area contributed by atoms with Crippen LogP contribution in [-0.2, 0) is 24.3 Å². The van der Waals surface area contributed by atoms with E-state index in [0.717, 1.165) is 48.3 Å². The van der Waals surface area contributed by atoms with Gasteiger partial charge in [0.2, 0.25) is 5.91 Å². The first-order valence-corrected chi connectivity index (χ1v) is 9.92. The molecule has 2 heterocycles. The van der Waals surface area contributed by atoms with E-state index in [1.165, 1.54) is 11.1 Å². The summed E-state index contributed by atoms with van der Waals surface area (Å²) in [5.41, 5.74) is 5.62. The number of amides is 1. The summed E-state index contributed by atoms with van der Waals surface area (Å²) < 4.78 is 0. The summed E-state index contributed by atoms with van der Waals surface area (Å²) in [5.74, 6) is -0.0215. The van der Waals surface area contributed by atoms with Crippen molar-refractivity contribution in [1.82, 2.24) is 9.88 Å². The molecule has 0 saturated carbocycles. The first kappa shape index (κ1) is 17.7. The van der Waals surface area contributed by atoms with Crippen molar-refractivity contribution in [3.05, 3.63) is 70.7 Å². The summed E-state index contributed by atoms with van der Waals surface area (Å²) in [6.45, 7) is 4.22. The fraction of sp³-hybridized carbons (Fsp3) is 0.238. The Labute approximate surface area is 163 Å². The van der Waals surface area contributed by atoms with Gasteiger partial charge in [-0.25, -0.2) is 4.98 Å². The zero-order valence-corrected chi connectivity index (χ0v) is 16.1. The predicted molar refractivity (Wildman–Crippen MR) is 110 cm³/mol. The minimum Gasteiger partial charge on any atom is -0.332 e. The highest BCUT2D eigenvalue weighted by atomic mass is 32.1. The molecule has 1 aliphatic heterocycles. The molecular formula is C21H22N4OS. The molecule has 138 valence electrons. The van der Waals surface area contributed by atoms with E-state index < -0.39 is 0 Å². The Hall–Kier alpha value is -2.70. The molecular weight excluding hydrogens is 356 g/mol. The Morgan fingerprint density at radius 1 is 1.19 bits per heavy atom. The van der Waals surface area contributed by atoms with Crippen LogP contribution in [0.4, 0.5) is 16.5 Å².